The maximum Gasteiger partial charge on any atom is 0.315 e. The minimum atomic E-state index is -0.931. The predicted molar refractivity (Wildman–Crippen MR) is 84.0 cm³/mol. The van der Waals surface area contributed by atoms with Crippen LogP contribution in [0.1, 0.15) is 12.2 Å². The van der Waals surface area contributed by atoms with Gasteiger partial charge >= 0.3 is 12.0 Å². The number of carbonyl (C=O) groups excluding carboxylic acids is 2. The van der Waals surface area contributed by atoms with Crippen molar-refractivity contribution in [1.82, 2.24) is 15.5 Å². The normalized spacial score (nSPS) is 17.6. The summed E-state index contributed by atoms with van der Waals surface area (Å²) in [6.07, 6.45) is 1.43. The maximum absolute atomic E-state index is 12.2. The first-order valence-electron chi connectivity index (χ1n) is 7.19. The van der Waals surface area contributed by atoms with E-state index < -0.39 is 12.0 Å². The molecule has 3 amide bonds. The first-order chi connectivity index (χ1) is 11.1. The van der Waals surface area contributed by atoms with Crippen molar-refractivity contribution in [3.63, 3.8) is 0 Å². The number of aliphatic carboxylic acids is 1. The Kier molecular flexibility index (Phi) is 6.33. The van der Waals surface area contributed by atoms with E-state index >= 15 is 0 Å². The number of furan rings is 1. The Balaban J connectivity index is 1.75. The lowest BCUT2D eigenvalue weighted by Crippen LogP contribution is -2.51. The van der Waals surface area contributed by atoms with Crippen LogP contribution >= 0.6 is 11.8 Å². The lowest BCUT2D eigenvalue weighted by atomic mass is 10.2. The van der Waals surface area contributed by atoms with Gasteiger partial charge in [0.1, 0.15) is 5.76 Å². The molecule has 0 bridgehead atoms. The lowest BCUT2D eigenvalue weighted by molar-refractivity contribution is -0.140. The summed E-state index contributed by atoms with van der Waals surface area (Å²) < 4.78 is 5.08. The smallest absolute Gasteiger partial charge is 0.315 e. The largest absolute Gasteiger partial charge is 0.481 e. The van der Waals surface area contributed by atoms with Crippen molar-refractivity contribution >= 4 is 29.7 Å². The van der Waals surface area contributed by atoms with E-state index in [1.54, 1.807) is 23.9 Å². The Labute approximate surface area is 137 Å². The van der Waals surface area contributed by atoms with Gasteiger partial charge in [0.2, 0.25) is 5.91 Å². The number of carboxylic acid groups (broad SMARTS) is 1. The third-order valence-corrected chi connectivity index (χ3v) is 4.45. The standard InChI is InChI=1S/C14H19N3O5S/c18-12(17-3-5-23-9-10(17)6-13(19)20)8-16-14(21)15-7-11-2-1-4-22-11/h1-2,4,10H,3,5-9H2,(H,19,20)(H2,15,16,21). The summed E-state index contributed by atoms with van der Waals surface area (Å²) in [5, 5.41) is 14.0. The van der Waals surface area contributed by atoms with Crippen LogP contribution < -0.4 is 10.6 Å². The van der Waals surface area contributed by atoms with Crippen molar-refractivity contribution < 1.29 is 23.9 Å². The molecule has 1 aliphatic rings. The third kappa shape index (κ3) is 5.51. The topological polar surface area (TPSA) is 112 Å². The van der Waals surface area contributed by atoms with Gasteiger partial charge in [-0.2, -0.15) is 11.8 Å². The first-order valence-corrected chi connectivity index (χ1v) is 8.35. The van der Waals surface area contributed by atoms with Crippen molar-refractivity contribution in [2.24, 2.45) is 0 Å². The number of rotatable bonds is 6. The van der Waals surface area contributed by atoms with Gasteiger partial charge in [-0.15, -0.1) is 0 Å². The van der Waals surface area contributed by atoms with Gasteiger partial charge in [0.25, 0.3) is 0 Å². The van der Waals surface area contributed by atoms with Crippen LogP contribution in [0.2, 0.25) is 0 Å². The summed E-state index contributed by atoms with van der Waals surface area (Å²) in [7, 11) is 0. The van der Waals surface area contributed by atoms with Gasteiger partial charge in [0.05, 0.1) is 31.8 Å². The minimum absolute atomic E-state index is 0.0799. The molecule has 9 heteroatoms. The summed E-state index contributed by atoms with van der Waals surface area (Å²) in [6, 6.07) is 2.64. The van der Waals surface area contributed by atoms with Crippen molar-refractivity contribution in [2.45, 2.75) is 19.0 Å². The first kappa shape index (κ1) is 17.2. The Morgan fingerprint density at radius 2 is 2.22 bits per heavy atom. The van der Waals surface area contributed by atoms with Gasteiger partial charge in [-0.1, -0.05) is 0 Å². The van der Waals surface area contributed by atoms with Crippen molar-refractivity contribution in [3.05, 3.63) is 24.2 Å². The molecule has 3 N–H and O–H groups in total. The van der Waals surface area contributed by atoms with Gasteiger partial charge in [0, 0.05) is 18.1 Å². The molecule has 1 fully saturated rings. The number of hydrogen-bond donors (Lipinski definition) is 3. The predicted octanol–water partition coefficient (Wildman–Crippen LogP) is 0.498. The molecular formula is C14H19N3O5S. The lowest BCUT2D eigenvalue weighted by Gasteiger charge is -2.34. The molecule has 2 heterocycles. The summed E-state index contributed by atoms with van der Waals surface area (Å²) in [5.74, 6) is 0.778. The molecule has 1 unspecified atom stereocenters. The van der Waals surface area contributed by atoms with E-state index in [0.29, 0.717) is 18.1 Å². The van der Waals surface area contributed by atoms with E-state index in [4.69, 9.17) is 9.52 Å². The second-order valence-electron chi connectivity index (χ2n) is 5.03. The number of nitrogens with zero attached hydrogens (tertiary/aromatic N) is 1. The molecule has 1 aromatic rings. The number of urea groups is 1. The highest BCUT2D eigenvalue weighted by molar-refractivity contribution is 7.99. The SMILES string of the molecule is O=C(O)CC1CSCCN1C(=O)CNC(=O)NCc1ccco1. The molecule has 8 nitrogen and oxygen atoms in total. The zero-order chi connectivity index (χ0) is 16.7. The monoisotopic (exact) mass is 341 g/mol. The van der Waals surface area contributed by atoms with Crippen LogP contribution in [0.4, 0.5) is 4.79 Å². The van der Waals surface area contributed by atoms with Crippen LogP contribution in [0.15, 0.2) is 22.8 Å². The van der Waals surface area contributed by atoms with E-state index in [2.05, 4.69) is 10.6 Å². The molecule has 1 aliphatic heterocycles. The van der Waals surface area contributed by atoms with Crippen molar-refractivity contribution in [2.75, 3.05) is 24.6 Å². The molecule has 0 aliphatic carbocycles. The minimum Gasteiger partial charge on any atom is -0.481 e. The molecule has 2 rings (SSSR count). The highest BCUT2D eigenvalue weighted by Crippen LogP contribution is 2.18. The van der Waals surface area contributed by atoms with E-state index in [1.165, 1.54) is 11.2 Å². The second-order valence-corrected chi connectivity index (χ2v) is 6.18. The molecule has 23 heavy (non-hydrogen) atoms. The fraction of sp³-hybridized carbons (Fsp3) is 0.500. The maximum atomic E-state index is 12.2. The zero-order valence-corrected chi connectivity index (χ0v) is 13.3. The number of nitrogens with one attached hydrogen (secondary N) is 2. The summed E-state index contributed by atoms with van der Waals surface area (Å²) in [6.45, 7) is 0.566. The van der Waals surface area contributed by atoms with Gasteiger partial charge in [-0.05, 0) is 12.1 Å². The molecular weight excluding hydrogens is 322 g/mol. The number of hydrogen-bond acceptors (Lipinski definition) is 5. The highest BCUT2D eigenvalue weighted by atomic mass is 32.2. The van der Waals surface area contributed by atoms with Gasteiger partial charge in [0.15, 0.2) is 0 Å². The summed E-state index contributed by atoms with van der Waals surface area (Å²) in [5.41, 5.74) is 0. The van der Waals surface area contributed by atoms with Crippen LogP contribution in [-0.4, -0.2) is 58.6 Å². The second kappa shape index (κ2) is 8.47. The van der Waals surface area contributed by atoms with E-state index in [9.17, 15) is 14.4 Å². The average molecular weight is 341 g/mol. The van der Waals surface area contributed by atoms with Gasteiger partial charge in [-0.3, -0.25) is 9.59 Å². The van der Waals surface area contributed by atoms with E-state index in [0.717, 1.165) is 5.75 Å². The Morgan fingerprint density at radius 1 is 1.39 bits per heavy atom. The van der Waals surface area contributed by atoms with Crippen LogP contribution in [-0.2, 0) is 16.1 Å². The fourth-order valence-electron chi connectivity index (χ4n) is 2.25. The van der Waals surface area contributed by atoms with Crippen LogP contribution in [0.25, 0.3) is 0 Å². The molecule has 0 radical (unpaired) electrons. The van der Waals surface area contributed by atoms with E-state index in [-0.39, 0.29) is 31.5 Å². The van der Waals surface area contributed by atoms with Crippen molar-refractivity contribution in [1.29, 1.82) is 0 Å². The molecule has 1 aromatic heterocycles. The van der Waals surface area contributed by atoms with Gasteiger partial charge < -0.3 is 25.1 Å². The molecule has 126 valence electrons. The molecule has 1 atom stereocenters. The Bertz CT molecular complexity index is 549. The van der Waals surface area contributed by atoms with Crippen LogP contribution in [0, 0.1) is 0 Å². The molecule has 0 saturated carbocycles. The van der Waals surface area contributed by atoms with Crippen LogP contribution in [0.5, 0.6) is 0 Å². The van der Waals surface area contributed by atoms with Crippen LogP contribution in [0.3, 0.4) is 0 Å². The molecule has 0 aromatic carbocycles. The van der Waals surface area contributed by atoms with Gasteiger partial charge in [-0.25, -0.2) is 4.79 Å². The Hall–Kier alpha value is -2.16. The Morgan fingerprint density at radius 3 is 2.91 bits per heavy atom. The molecule has 1 saturated heterocycles. The van der Waals surface area contributed by atoms with E-state index in [1.807, 2.05) is 0 Å². The average Bonchev–Trinajstić information content (AvgIpc) is 3.04. The number of thioether (sulfide) groups is 1. The molecule has 0 spiro atoms. The zero-order valence-electron chi connectivity index (χ0n) is 12.5. The number of carboxylic acids is 1. The highest BCUT2D eigenvalue weighted by Gasteiger charge is 2.28. The quantitative estimate of drug-likeness (QED) is 0.694. The van der Waals surface area contributed by atoms with Crippen molar-refractivity contribution in [3.8, 4) is 0 Å². The summed E-state index contributed by atoms with van der Waals surface area (Å²) in [4.78, 5) is 36.2. The summed E-state index contributed by atoms with van der Waals surface area (Å²) >= 11 is 1.63. The number of amides is 3. The fourth-order valence-corrected chi connectivity index (χ4v) is 3.32. The third-order valence-electron chi connectivity index (χ3n) is 3.36. The number of carbonyl (C=O) groups is 3.